The highest BCUT2D eigenvalue weighted by molar-refractivity contribution is 5.87. The summed E-state index contributed by atoms with van der Waals surface area (Å²) in [6.07, 6.45) is 0.477. The Bertz CT molecular complexity index is 568. The van der Waals surface area contributed by atoms with Crippen molar-refractivity contribution in [3.8, 4) is 5.75 Å². The van der Waals surface area contributed by atoms with E-state index in [1.165, 1.54) is 13.2 Å². The fourth-order valence-electron chi connectivity index (χ4n) is 1.38. The van der Waals surface area contributed by atoms with Gasteiger partial charge in [-0.25, -0.2) is 4.79 Å². The number of methoxy groups -OCH3 is 1. The Morgan fingerprint density at radius 2 is 2.20 bits per heavy atom. The maximum atomic E-state index is 11.3. The van der Waals surface area contributed by atoms with Crippen LogP contribution in [0.3, 0.4) is 0 Å². The summed E-state index contributed by atoms with van der Waals surface area (Å²) < 4.78 is 10.0. The van der Waals surface area contributed by atoms with Crippen molar-refractivity contribution in [2.75, 3.05) is 7.11 Å². The van der Waals surface area contributed by atoms with Crippen LogP contribution >= 0.6 is 0 Å². The summed E-state index contributed by atoms with van der Waals surface area (Å²) in [5.74, 6) is 0.474. The molecule has 0 aliphatic heterocycles. The molecule has 15 heavy (non-hydrogen) atoms. The fourth-order valence-corrected chi connectivity index (χ4v) is 1.38. The summed E-state index contributed by atoms with van der Waals surface area (Å²) in [4.78, 5) is 21.8. The van der Waals surface area contributed by atoms with E-state index >= 15 is 0 Å². The SMILES string of the molecule is COc1cccc2cc(C=O)c(=O)oc12. The monoisotopic (exact) mass is 204 g/mol. The van der Waals surface area contributed by atoms with Gasteiger partial charge in [-0.05, 0) is 12.1 Å². The van der Waals surface area contributed by atoms with E-state index in [1.54, 1.807) is 18.2 Å². The fraction of sp³-hybridized carbons (Fsp3) is 0.0909. The number of para-hydroxylation sites is 1. The maximum absolute atomic E-state index is 11.3. The Hall–Kier alpha value is -2.10. The van der Waals surface area contributed by atoms with E-state index in [9.17, 15) is 9.59 Å². The topological polar surface area (TPSA) is 56.5 Å². The molecule has 0 unspecified atom stereocenters. The number of carbonyl (C=O) groups is 1. The van der Waals surface area contributed by atoms with Gasteiger partial charge in [-0.1, -0.05) is 12.1 Å². The first-order valence-electron chi connectivity index (χ1n) is 4.32. The summed E-state index contributed by atoms with van der Waals surface area (Å²) in [6, 6.07) is 6.67. The van der Waals surface area contributed by atoms with Crippen LogP contribution in [0.5, 0.6) is 5.75 Å². The van der Waals surface area contributed by atoms with Gasteiger partial charge in [-0.2, -0.15) is 0 Å². The molecular formula is C11H8O4. The van der Waals surface area contributed by atoms with Crippen LogP contribution in [0.2, 0.25) is 0 Å². The Morgan fingerprint density at radius 3 is 2.87 bits per heavy atom. The number of aldehydes is 1. The van der Waals surface area contributed by atoms with Gasteiger partial charge >= 0.3 is 5.63 Å². The van der Waals surface area contributed by atoms with Crippen molar-refractivity contribution < 1.29 is 13.9 Å². The summed E-state index contributed by atoms with van der Waals surface area (Å²) in [7, 11) is 1.49. The van der Waals surface area contributed by atoms with E-state index in [1.807, 2.05) is 0 Å². The van der Waals surface area contributed by atoms with Gasteiger partial charge in [0.15, 0.2) is 17.6 Å². The number of fused-ring (bicyclic) bond motifs is 1. The summed E-state index contributed by atoms with van der Waals surface area (Å²) in [5.41, 5.74) is -0.284. The molecule has 1 aromatic carbocycles. The zero-order valence-corrected chi connectivity index (χ0v) is 8.02. The third-order valence-corrected chi connectivity index (χ3v) is 2.10. The highest BCUT2D eigenvalue weighted by Gasteiger charge is 2.07. The molecule has 0 saturated carbocycles. The van der Waals surface area contributed by atoms with Crippen LogP contribution in [0, 0.1) is 0 Å². The van der Waals surface area contributed by atoms with Crippen LogP contribution in [-0.2, 0) is 0 Å². The highest BCUT2D eigenvalue weighted by Crippen LogP contribution is 2.23. The zero-order valence-electron chi connectivity index (χ0n) is 8.02. The molecule has 0 saturated heterocycles. The second-order valence-electron chi connectivity index (χ2n) is 2.99. The normalized spacial score (nSPS) is 10.2. The molecule has 0 atom stereocenters. The van der Waals surface area contributed by atoms with E-state index in [0.29, 0.717) is 23.0 Å². The van der Waals surface area contributed by atoms with Crippen molar-refractivity contribution in [2.24, 2.45) is 0 Å². The van der Waals surface area contributed by atoms with Gasteiger partial charge in [0.05, 0.1) is 7.11 Å². The smallest absolute Gasteiger partial charge is 0.347 e. The van der Waals surface area contributed by atoms with E-state index in [2.05, 4.69) is 0 Å². The van der Waals surface area contributed by atoms with Crippen LogP contribution in [0.1, 0.15) is 10.4 Å². The van der Waals surface area contributed by atoms with Crippen molar-refractivity contribution in [2.45, 2.75) is 0 Å². The third kappa shape index (κ3) is 1.50. The average molecular weight is 204 g/mol. The van der Waals surface area contributed by atoms with Gasteiger partial charge in [0.25, 0.3) is 0 Å². The van der Waals surface area contributed by atoms with Gasteiger partial charge in [-0.3, -0.25) is 4.79 Å². The highest BCUT2D eigenvalue weighted by atomic mass is 16.5. The number of ether oxygens (including phenoxy) is 1. The third-order valence-electron chi connectivity index (χ3n) is 2.10. The summed E-state index contributed by atoms with van der Waals surface area (Å²) in [6.45, 7) is 0. The number of hydrogen-bond donors (Lipinski definition) is 0. The van der Waals surface area contributed by atoms with Gasteiger partial charge in [0.2, 0.25) is 0 Å². The minimum absolute atomic E-state index is 0.00996. The molecule has 2 rings (SSSR count). The second kappa shape index (κ2) is 3.57. The zero-order chi connectivity index (χ0) is 10.8. The summed E-state index contributed by atoms with van der Waals surface area (Å²) >= 11 is 0. The van der Waals surface area contributed by atoms with E-state index in [-0.39, 0.29) is 5.56 Å². The quantitative estimate of drug-likeness (QED) is 0.551. The first-order chi connectivity index (χ1) is 7.26. The molecule has 0 fully saturated rings. The van der Waals surface area contributed by atoms with Crippen LogP contribution < -0.4 is 10.4 Å². The molecule has 0 amide bonds. The van der Waals surface area contributed by atoms with Crippen LogP contribution in [-0.4, -0.2) is 13.4 Å². The Labute approximate surface area is 85.1 Å². The van der Waals surface area contributed by atoms with Crippen molar-refractivity contribution in [1.82, 2.24) is 0 Å². The lowest BCUT2D eigenvalue weighted by molar-refractivity contribution is 0.112. The maximum Gasteiger partial charge on any atom is 0.347 e. The molecule has 0 bridgehead atoms. The predicted molar refractivity (Wildman–Crippen MR) is 54.4 cm³/mol. The molecule has 0 aliphatic carbocycles. The Kier molecular flexibility index (Phi) is 2.25. The Morgan fingerprint density at radius 1 is 1.40 bits per heavy atom. The molecule has 0 N–H and O–H groups in total. The van der Waals surface area contributed by atoms with Gasteiger partial charge in [0, 0.05) is 5.39 Å². The second-order valence-corrected chi connectivity index (χ2v) is 2.99. The number of rotatable bonds is 2. The minimum Gasteiger partial charge on any atom is -0.493 e. The molecule has 1 aromatic heterocycles. The van der Waals surface area contributed by atoms with E-state index < -0.39 is 5.63 Å². The average Bonchev–Trinajstić information content (AvgIpc) is 2.27. The lowest BCUT2D eigenvalue weighted by atomic mass is 10.2. The molecule has 1 heterocycles. The molecule has 4 nitrogen and oxygen atoms in total. The van der Waals surface area contributed by atoms with E-state index in [4.69, 9.17) is 9.15 Å². The van der Waals surface area contributed by atoms with Crippen molar-refractivity contribution in [1.29, 1.82) is 0 Å². The largest absolute Gasteiger partial charge is 0.493 e. The molecule has 0 aliphatic rings. The van der Waals surface area contributed by atoms with Gasteiger partial charge in [-0.15, -0.1) is 0 Å². The lowest BCUT2D eigenvalue weighted by Crippen LogP contribution is -2.05. The van der Waals surface area contributed by atoms with Crippen LogP contribution in [0.4, 0.5) is 0 Å². The molecule has 76 valence electrons. The minimum atomic E-state index is -0.651. The summed E-state index contributed by atoms with van der Waals surface area (Å²) in [5, 5.41) is 0.663. The molecular weight excluding hydrogens is 196 g/mol. The first-order valence-corrected chi connectivity index (χ1v) is 4.32. The van der Waals surface area contributed by atoms with Crippen LogP contribution in [0.15, 0.2) is 33.5 Å². The van der Waals surface area contributed by atoms with Gasteiger partial charge in [0.1, 0.15) is 5.56 Å². The Balaban J connectivity index is 2.86. The first kappa shape index (κ1) is 9.45. The number of hydrogen-bond acceptors (Lipinski definition) is 4. The number of carbonyl (C=O) groups excluding carboxylic acids is 1. The standard InChI is InChI=1S/C11H8O4/c1-14-9-4-2-3-7-5-8(6-12)11(13)15-10(7)9/h2-6H,1H3. The van der Waals surface area contributed by atoms with Crippen LogP contribution in [0.25, 0.3) is 11.0 Å². The van der Waals surface area contributed by atoms with Crippen molar-refractivity contribution in [3.05, 3.63) is 40.2 Å². The van der Waals surface area contributed by atoms with E-state index in [0.717, 1.165) is 0 Å². The lowest BCUT2D eigenvalue weighted by Gasteiger charge is -2.02. The predicted octanol–water partition coefficient (Wildman–Crippen LogP) is 1.61. The molecule has 4 heteroatoms. The van der Waals surface area contributed by atoms with Crippen molar-refractivity contribution >= 4 is 17.3 Å². The van der Waals surface area contributed by atoms with Crippen molar-refractivity contribution in [3.63, 3.8) is 0 Å². The molecule has 2 aromatic rings. The molecule has 0 radical (unpaired) electrons. The van der Waals surface area contributed by atoms with Gasteiger partial charge < -0.3 is 9.15 Å². The molecule has 0 spiro atoms. The number of benzene rings is 1.